The van der Waals surface area contributed by atoms with Gasteiger partial charge in [-0.15, -0.1) is 0 Å². The Hall–Kier alpha value is -3.36. The molecule has 36 heavy (non-hydrogen) atoms. The number of hydrogen-bond acceptors (Lipinski definition) is 5. The molecule has 1 atom stereocenters. The molecule has 0 spiro atoms. The van der Waals surface area contributed by atoms with Crippen molar-refractivity contribution < 1.29 is 9.59 Å². The van der Waals surface area contributed by atoms with E-state index in [-0.39, 0.29) is 42.4 Å². The van der Waals surface area contributed by atoms with E-state index in [9.17, 15) is 14.4 Å². The van der Waals surface area contributed by atoms with Crippen molar-refractivity contribution in [3.63, 3.8) is 0 Å². The second-order valence-corrected chi connectivity index (χ2v) is 10.3. The summed E-state index contributed by atoms with van der Waals surface area (Å²) in [6, 6.07) is 10.0. The number of carbonyl (C=O) groups excluding carboxylic acids is 2. The van der Waals surface area contributed by atoms with E-state index in [1.165, 1.54) is 0 Å². The standard InChI is InChI=1S/C26H25Cl2N5O3/c1-13(2)29-26-31-22-12-32(24(35)15-4-6-19(27)20(28)10-15)14(3)8-18(22)25(36)33(26)17-5-7-21-16(9-17)11-23(34)30-21/h4-7,9-10,13-14H,8,11-12H2,1-3H3,(H,29,31)(H,30,34)/t14-/m1/s1. The summed E-state index contributed by atoms with van der Waals surface area (Å²) >= 11 is 12.1. The van der Waals surface area contributed by atoms with Crippen molar-refractivity contribution in [1.82, 2.24) is 14.5 Å². The fourth-order valence-corrected chi connectivity index (χ4v) is 4.97. The van der Waals surface area contributed by atoms with Crippen LogP contribution < -0.4 is 16.2 Å². The van der Waals surface area contributed by atoms with Crippen molar-refractivity contribution in [2.45, 2.75) is 52.2 Å². The van der Waals surface area contributed by atoms with E-state index in [1.54, 1.807) is 39.8 Å². The summed E-state index contributed by atoms with van der Waals surface area (Å²) in [5, 5.41) is 6.78. The predicted octanol–water partition coefficient (Wildman–Crippen LogP) is 4.44. The van der Waals surface area contributed by atoms with Crippen LogP contribution in [0.3, 0.4) is 0 Å². The fraction of sp³-hybridized carbons (Fsp3) is 0.308. The zero-order valence-corrected chi connectivity index (χ0v) is 21.6. The number of hydrogen-bond donors (Lipinski definition) is 2. The number of anilines is 2. The lowest BCUT2D eigenvalue weighted by Gasteiger charge is -2.35. The lowest BCUT2D eigenvalue weighted by molar-refractivity contribution is -0.115. The highest BCUT2D eigenvalue weighted by atomic mass is 35.5. The van der Waals surface area contributed by atoms with Crippen molar-refractivity contribution in [3.8, 4) is 5.69 Å². The smallest absolute Gasteiger partial charge is 0.263 e. The van der Waals surface area contributed by atoms with Crippen LogP contribution in [-0.2, 0) is 24.2 Å². The van der Waals surface area contributed by atoms with Gasteiger partial charge in [-0.3, -0.25) is 14.4 Å². The molecule has 2 aliphatic heterocycles. The largest absolute Gasteiger partial charge is 0.353 e. The number of nitrogens with one attached hydrogen (secondary N) is 2. The van der Waals surface area contributed by atoms with Crippen LogP contribution in [0.15, 0.2) is 41.2 Å². The molecule has 0 aliphatic carbocycles. The van der Waals surface area contributed by atoms with E-state index in [0.29, 0.717) is 44.9 Å². The fourth-order valence-electron chi connectivity index (χ4n) is 4.67. The third-order valence-corrected chi connectivity index (χ3v) is 7.17. The lowest BCUT2D eigenvalue weighted by atomic mass is 9.98. The first kappa shape index (κ1) is 24.3. The third-order valence-electron chi connectivity index (χ3n) is 6.43. The molecular weight excluding hydrogens is 501 g/mol. The highest BCUT2D eigenvalue weighted by Crippen LogP contribution is 2.29. The molecule has 0 saturated heterocycles. The van der Waals surface area contributed by atoms with Gasteiger partial charge >= 0.3 is 0 Å². The van der Waals surface area contributed by atoms with Crippen LogP contribution >= 0.6 is 23.2 Å². The van der Waals surface area contributed by atoms with Crippen LogP contribution in [0.2, 0.25) is 10.0 Å². The van der Waals surface area contributed by atoms with Gasteiger partial charge in [-0.05, 0) is 69.2 Å². The first-order valence-corrected chi connectivity index (χ1v) is 12.5. The molecule has 0 radical (unpaired) electrons. The van der Waals surface area contributed by atoms with Crippen LogP contribution in [0.5, 0.6) is 0 Å². The third kappa shape index (κ3) is 4.35. The van der Waals surface area contributed by atoms with Gasteiger partial charge in [0.25, 0.3) is 11.5 Å². The van der Waals surface area contributed by atoms with Crippen LogP contribution in [-0.4, -0.2) is 38.3 Å². The summed E-state index contributed by atoms with van der Waals surface area (Å²) in [4.78, 5) is 45.5. The van der Waals surface area contributed by atoms with Crippen molar-refractivity contribution in [3.05, 3.63) is 79.2 Å². The molecule has 3 heterocycles. The summed E-state index contributed by atoms with van der Waals surface area (Å²) in [5.41, 5.74) is 3.60. The molecule has 2 aliphatic rings. The van der Waals surface area contributed by atoms with Gasteiger partial charge in [-0.25, -0.2) is 9.55 Å². The van der Waals surface area contributed by atoms with Crippen molar-refractivity contribution in [2.24, 2.45) is 0 Å². The van der Waals surface area contributed by atoms with Gasteiger partial charge in [0.2, 0.25) is 11.9 Å². The summed E-state index contributed by atoms with van der Waals surface area (Å²) in [5.74, 6) is 0.119. The van der Waals surface area contributed by atoms with Crippen molar-refractivity contribution in [2.75, 3.05) is 10.6 Å². The van der Waals surface area contributed by atoms with Crippen molar-refractivity contribution >= 4 is 46.7 Å². The normalized spacial score (nSPS) is 16.6. The van der Waals surface area contributed by atoms with Gasteiger partial charge in [0, 0.05) is 28.9 Å². The number of halogens is 2. The summed E-state index contributed by atoms with van der Waals surface area (Å²) in [7, 11) is 0. The minimum Gasteiger partial charge on any atom is -0.353 e. The van der Waals surface area contributed by atoms with Crippen LogP contribution in [0.1, 0.15) is 48.0 Å². The van der Waals surface area contributed by atoms with Gasteiger partial charge in [0.05, 0.1) is 34.4 Å². The molecule has 2 N–H and O–H groups in total. The average Bonchev–Trinajstić information content (AvgIpc) is 3.19. The topological polar surface area (TPSA) is 96.3 Å². The SMILES string of the molecule is CC(C)Nc1nc2c(c(=O)n1-c1ccc3c(c1)CC(=O)N3)C[C@@H](C)N(C(=O)c1ccc(Cl)c(Cl)c1)C2. The molecule has 0 saturated carbocycles. The van der Waals surface area contributed by atoms with Crippen molar-refractivity contribution in [1.29, 1.82) is 0 Å². The Morgan fingerprint density at radius 1 is 1.14 bits per heavy atom. The average molecular weight is 526 g/mol. The Morgan fingerprint density at radius 3 is 2.64 bits per heavy atom. The summed E-state index contributed by atoms with van der Waals surface area (Å²) < 4.78 is 1.56. The second-order valence-electron chi connectivity index (χ2n) is 9.48. The Kier molecular flexibility index (Phi) is 6.26. The van der Waals surface area contributed by atoms with Gasteiger partial charge in [-0.2, -0.15) is 0 Å². The molecule has 1 aromatic heterocycles. The predicted molar refractivity (Wildman–Crippen MR) is 140 cm³/mol. The Bertz CT molecular complexity index is 1470. The first-order chi connectivity index (χ1) is 17.1. The first-order valence-electron chi connectivity index (χ1n) is 11.7. The minimum atomic E-state index is -0.229. The number of fused-ring (bicyclic) bond motifs is 2. The van der Waals surface area contributed by atoms with Gasteiger partial charge in [-0.1, -0.05) is 23.2 Å². The molecule has 0 bridgehead atoms. The molecule has 5 rings (SSSR count). The number of carbonyl (C=O) groups is 2. The second kappa shape index (κ2) is 9.26. The van der Waals surface area contributed by atoms with Gasteiger partial charge in [0.15, 0.2) is 0 Å². The Morgan fingerprint density at radius 2 is 1.92 bits per heavy atom. The van der Waals surface area contributed by atoms with E-state index >= 15 is 0 Å². The number of benzene rings is 2. The Labute approximate surface area is 218 Å². The number of rotatable bonds is 4. The zero-order valence-electron chi connectivity index (χ0n) is 20.1. The zero-order chi connectivity index (χ0) is 25.7. The maximum Gasteiger partial charge on any atom is 0.263 e. The van der Waals surface area contributed by atoms with Crippen LogP contribution in [0.25, 0.3) is 5.69 Å². The molecule has 2 aromatic carbocycles. The van der Waals surface area contributed by atoms with E-state index in [4.69, 9.17) is 28.2 Å². The van der Waals surface area contributed by atoms with Crippen LogP contribution in [0, 0.1) is 0 Å². The van der Waals surface area contributed by atoms with Gasteiger partial charge < -0.3 is 15.5 Å². The number of nitrogens with zero attached hydrogens (tertiary/aromatic N) is 3. The molecule has 0 unspecified atom stereocenters. The number of aromatic nitrogens is 2. The molecular formula is C26H25Cl2N5O3. The van der Waals surface area contributed by atoms with E-state index in [1.807, 2.05) is 26.8 Å². The lowest BCUT2D eigenvalue weighted by Crippen LogP contribution is -2.46. The summed E-state index contributed by atoms with van der Waals surface area (Å²) in [6.07, 6.45) is 0.632. The van der Waals surface area contributed by atoms with E-state index in [2.05, 4.69) is 10.6 Å². The maximum atomic E-state index is 13.8. The summed E-state index contributed by atoms with van der Waals surface area (Å²) in [6.45, 7) is 6.03. The van der Waals surface area contributed by atoms with Gasteiger partial charge in [0.1, 0.15) is 0 Å². The highest BCUT2D eigenvalue weighted by Gasteiger charge is 2.32. The molecule has 186 valence electrons. The maximum absolute atomic E-state index is 13.8. The number of amides is 2. The highest BCUT2D eigenvalue weighted by molar-refractivity contribution is 6.42. The molecule has 3 aromatic rings. The Balaban J connectivity index is 1.56. The monoisotopic (exact) mass is 525 g/mol. The molecule has 2 amide bonds. The molecule has 0 fully saturated rings. The minimum absolute atomic E-state index is 0.00956. The van der Waals surface area contributed by atoms with E-state index in [0.717, 1.165) is 11.3 Å². The van der Waals surface area contributed by atoms with Crippen LogP contribution in [0.4, 0.5) is 11.6 Å². The quantitative estimate of drug-likeness (QED) is 0.524. The van der Waals surface area contributed by atoms with E-state index < -0.39 is 0 Å². The molecule has 10 heteroatoms. The molecule has 8 nitrogen and oxygen atoms in total.